The molecular formula is C16H14BrClFN5O. The van der Waals surface area contributed by atoms with Crippen molar-refractivity contribution in [2.75, 3.05) is 5.32 Å². The highest BCUT2D eigenvalue weighted by molar-refractivity contribution is 9.10. The summed E-state index contributed by atoms with van der Waals surface area (Å²) in [4.78, 5) is 12.3. The molecule has 2 aromatic heterocycles. The number of carbonyl (C=O) groups is 1. The van der Waals surface area contributed by atoms with Gasteiger partial charge >= 0.3 is 0 Å². The zero-order valence-electron chi connectivity index (χ0n) is 13.2. The van der Waals surface area contributed by atoms with E-state index in [-0.39, 0.29) is 17.5 Å². The third-order valence-corrected chi connectivity index (χ3v) is 4.25. The van der Waals surface area contributed by atoms with Gasteiger partial charge in [-0.1, -0.05) is 23.7 Å². The van der Waals surface area contributed by atoms with Crippen LogP contribution in [-0.4, -0.2) is 25.5 Å². The SMILES string of the molecule is CC(C(=O)Nc1nn(Cc2ccc(F)cc2)cc1Cl)n1cc(Br)cn1. The molecule has 0 fully saturated rings. The van der Waals surface area contributed by atoms with Gasteiger partial charge in [-0.3, -0.25) is 14.2 Å². The van der Waals surface area contributed by atoms with Gasteiger partial charge in [0.25, 0.3) is 0 Å². The largest absolute Gasteiger partial charge is 0.306 e. The van der Waals surface area contributed by atoms with Crippen LogP contribution in [-0.2, 0) is 11.3 Å². The van der Waals surface area contributed by atoms with Crippen LogP contribution in [0.5, 0.6) is 0 Å². The Morgan fingerprint density at radius 2 is 2.08 bits per heavy atom. The van der Waals surface area contributed by atoms with Gasteiger partial charge in [-0.05, 0) is 40.5 Å². The molecule has 25 heavy (non-hydrogen) atoms. The van der Waals surface area contributed by atoms with Crippen LogP contribution in [0.1, 0.15) is 18.5 Å². The molecule has 1 unspecified atom stereocenters. The van der Waals surface area contributed by atoms with E-state index in [1.807, 2.05) is 0 Å². The fourth-order valence-electron chi connectivity index (χ4n) is 2.21. The van der Waals surface area contributed by atoms with E-state index >= 15 is 0 Å². The third kappa shape index (κ3) is 4.26. The monoisotopic (exact) mass is 425 g/mol. The number of hydrogen-bond acceptors (Lipinski definition) is 3. The lowest BCUT2D eigenvalue weighted by Crippen LogP contribution is -2.24. The van der Waals surface area contributed by atoms with E-state index in [0.29, 0.717) is 11.6 Å². The fourth-order valence-corrected chi connectivity index (χ4v) is 2.71. The van der Waals surface area contributed by atoms with Gasteiger partial charge in [0, 0.05) is 12.4 Å². The van der Waals surface area contributed by atoms with Crippen LogP contribution >= 0.6 is 27.5 Å². The molecule has 0 saturated carbocycles. The molecule has 130 valence electrons. The summed E-state index contributed by atoms with van der Waals surface area (Å²) in [5.41, 5.74) is 0.869. The predicted octanol–water partition coefficient (Wildman–Crippen LogP) is 3.88. The minimum atomic E-state index is -0.524. The molecule has 1 aromatic carbocycles. The first-order valence-electron chi connectivity index (χ1n) is 7.40. The maximum atomic E-state index is 13.0. The normalized spacial score (nSPS) is 12.2. The Bertz CT molecular complexity index is 892. The summed E-state index contributed by atoms with van der Waals surface area (Å²) in [6, 6.07) is 5.58. The van der Waals surface area contributed by atoms with Crippen LogP contribution in [0.15, 0.2) is 47.3 Å². The van der Waals surface area contributed by atoms with Crippen molar-refractivity contribution in [3.8, 4) is 0 Å². The van der Waals surface area contributed by atoms with Gasteiger partial charge in [0.05, 0.1) is 17.2 Å². The fraction of sp³-hybridized carbons (Fsp3) is 0.188. The molecule has 1 N–H and O–H groups in total. The second-order valence-electron chi connectivity index (χ2n) is 5.45. The molecule has 9 heteroatoms. The van der Waals surface area contributed by atoms with Crippen LogP contribution in [0.25, 0.3) is 0 Å². The first-order chi connectivity index (χ1) is 11.9. The minimum Gasteiger partial charge on any atom is -0.306 e. The summed E-state index contributed by atoms with van der Waals surface area (Å²) in [5, 5.41) is 11.4. The molecular weight excluding hydrogens is 413 g/mol. The molecule has 2 heterocycles. The smallest absolute Gasteiger partial charge is 0.250 e. The van der Waals surface area contributed by atoms with Crippen LogP contribution in [0.2, 0.25) is 5.02 Å². The van der Waals surface area contributed by atoms with Crippen molar-refractivity contribution in [3.05, 3.63) is 63.7 Å². The van der Waals surface area contributed by atoms with E-state index < -0.39 is 6.04 Å². The number of carbonyl (C=O) groups excluding carboxylic acids is 1. The third-order valence-electron chi connectivity index (χ3n) is 3.56. The molecule has 0 aliphatic heterocycles. The average Bonchev–Trinajstić information content (AvgIpc) is 3.15. The van der Waals surface area contributed by atoms with Crippen molar-refractivity contribution in [2.24, 2.45) is 0 Å². The lowest BCUT2D eigenvalue weighted by Gasteiger charge is -2.11. The maximum Gasteiger partial charge on any atom is 0.250 e. The summed E-state index contributed by atoms with van der Waals surface area (Å²) in [6.07, 6.45) is 4.92. The first-order valence-corrected chi connectivity index (χ1v) is 8.57. The molecule has 1 atom stereocenters. The van der Waals surface area contributed by atoms with E-state index in [4.69, 9.17) is 11.6 Å². The summed E-state index contributed by atoms with van der Waals surface area (Å²) in [6.45, 7) is 2.13. The van der Waals surface area contributed by atoms with Crippen molar-refractivity contribution >= 4 is 39.3 Å². The van der Waals surface area contributed by atoms with Crippen molar-refractivity contribution < 1.29 is 9.18 Å². The van der Waals surface area contributed by atoms with Crippen LogP contribution < -0.4 is 5.32 Å². The maximum absolute atomic E-state index is 13.0. The summed E-state index contributed by atoms with van der Waals surface area (Å²) in [7, 11) is 0. The molecule has 6 nitrogen and oxygen atoms in total. The van der Waals surface area contributed by atoms with Crippen LogP contribution in [0, 0.1) is 5.82 Å². The standard InChI is InChI=1S/C16H14BrClFN5O/c1-10(24-8-12(17)6-20-24)16(25)21-15-14(18)9-23(22-15)7-11-2-4-13(19)5-3-11/h2-6,8-10H,7H2,1H3,(H,21,22,25). The Kier molecular flexibility index (Phi) is 5.19. The highest BCUT2D eigenvalue weighted by Gasteiger charge is 2.19. The lowest BCUT2D eigenvalue weighted by atomic mass is 10.2. The lowest BCUT2D eigenvalue weighted by molar-refractivity contribution is -0.119. The number of rotatable bonds is 5. The number of benzene rings is 1. The first kappa shape index (κ1) is 17.6. The highest BCUT2D eigenvalue weighted by atomic mass is 79.9. The van der Waals surface area contributed by atoms with Gasteiger partial charge in [0.15, 0.2) is 5.82 Å². The van der Waals surface area contributed by atoms with Crippen molar-refractivity contribution in [1.82, 2.24) is 19.6 Å². The number of amides is 1. The van der Waals surface area contributed by atoms with Gasteiger partial charge in [-0.2, -0.15) is 10.2 Å². The summed E-state index contributed by atoms with van der Waals surface area (Å²) < 4.78 is 16.9. The number of nitrogens with one attached hydrogen (secondary N) is 1. The Labute approximate surface area is 156 Å². The Hall–Kier alpha value is -2.19. The molecule has 0 aliphatic carbocycles. The second-order valence-corrected chi connectivity index (χ2v) is 6.78. The number of aromatic nitrogens is 4. The van der Waals surface area contributed by atoms with Crippen LogP contribution in [0.3, 0.4) is 0 Å². The van der Waals surface area contributed by atoms with Gasteiger partial charge in [0.2, 0.25) is 5.91 Å². The van der Waals surface area contributed by atoms with Gasteiger partial charge in [-0.25, -0.2) is 4.39 Å². The second kappa shape index (κ2) is 7.37. The Balaban J connectivity index is 1.69. The van der Waals surface area contributed by atoms with Gasteiger partial charge in [0.1, 0.15) is 16.9 Å². The molecule has 0 radical (unpaired) electrons. The number of anilines is 1. The summed E-state index contributed by atoms with van der Waals surface area (Å²) in [5.74, 6) is -0.314. The van der Waals surface area contributed by atoms with E-state index in [1.54, 1.807) is 42.3 Å². The van der Waals surface area contributed by atoms with Crippen LogP contribution in [0.4, 0.5) is 10.2 Å². The van der Waals surface area contributed by atoms with E-state index in [9.17, 15) is 9.18 Å². The molecule has 0 aliphatic rings. The zero-order chi connectivity index (χ0) is 18.0. The molecule has 3 aromatic rings. The van der Waals surface area contributed by atoms with E-state index in [2.05, 4.69) is 31.4 Å². The number of halogens is 3. The summed E-state index contributed by atoms with van der Waals surface area (Å²) >= 11 is 9.44. The van der Waals surface area contributed by atoms with Gasteiger partial charge < -0.3 is 5.32 Å². The van der Waals surface area contributed by atoms with Crippen molar-refractivity contribution in [2.45, 2.75) is 19.5 Å². The quantitative estimate of drug-likeness (QED) is 0.673. The highest BCUT2D eigenvalue weighted by Crippen LogP contribution is 2.22. The Morgan fingerprint density at radius 1 is 1.36 bits per heavy atom. The average molecular weight is 427 g/mol. The molecule has 0 spiro atoms. The topological polar surface area (TPSA) is 64.7 Å². The van der Waals surface area contributed by atoms with E-state index in [1.165, 1.54) is 16.8 Å². The molecule has 0 saturated heterocycles. The van der Waals surface area contributed by atoms with E-state index in [0.717, 1.165) is 10.0 Å². The van der Waals surface area contributed by atoms with Crippen molar-refractivity contribution in [1.29, 1.82) is 0 Å². The minimum absolute atomic E-state index is 0.270. The van der Waals surface area contributed by atoms with Crippen molar-refractivity contribution in [3.63, 3.8) is 0 Å². The number of hydrogen-bond donors (Lipinski definition) is 1. The van der Waals surface area contributed by atoms with Gasteiger partial charge in [-0.15, -0.1) is 0 Å². The molecule has 3 rings (SSSR count). The number of nitrogens with zero attached hydrogens (tertiary/aromatic N) is 4. The molecule has 1 amide bonds. The zero-order valence-corrected chi connectivity index (χ0v) is 15.5. The predicted molar refractivity (Wildman–Crippen MR) is 96.0 cm³/mol. The molecule has 0 bridgehead atoms. The Morgan fingerprint density at radius 3 is 2.72 bits per heavy atom.